The Balaban J connectivity index is 2.72. The first kappa shape index (κ1) is 9.66. The third-order valence-corrected chi connectivity index (χ3v) is 2.20. The van der Waals surface area contributed by atoms with Crippen LogP contribution in [0, 0.1) is 6.92 Å². The van der Waals surface area contributed by atoms with Crippen LogP contribution in [-0.4, -0.2) is 0 Å². The SMILES string of the molecule is CCCCc1cc(C)cc(S)c1. The van der Waals surface area contributed by atoms with Crippen LogP contribution in [0.2, 0.25) is 0 Å². The first-order chi connectivity index (χ1) is 5.72. The lowest BCUT2D eigenvalue weighted by atomic mass is 10.1. The fourth-order valence-electron chi connectivity index (χ4n) is 1.37. The molecule has 0 nitrogen and oxygen atoms in total. The van der Waals surface area contributed by atoms with Crippen LogP contribution < -0.4 is 0 Å². The lowest BCUT2D eigenvalue weighted by Gasteiger charge is -2.02. The van der Waals surface area contributed by atoms with Crippen LogP contribution in [0.4, 0.5) is 0 Å². The van der Waals surface area contributed by atoms with Gasteiger partial charge in [-0.1, -0.05) is 19.4 Å². The van der Waals surface area contributed by atoms with Crippen LogP contribution in [0.1, 0.15) is 30.9 Å². The van der Waals surface area contributed by atoms with E-state index in [9.17, 15) is 0 Å². The Labute approximate surface area is 80.4 Å². The first-order valence-corrected chi connectivity index (χ1v) is 4.96. The van der Waals surface area contributed by atoms with Gasteiger partial charge in [0.1, 0.15) is 0 Å². The fraction of sp³-hybridized carbons (Fsp3) is 0.455. The number of hydrogen-bond donors (Lipinski definition) is 1. The van der Waals surface area contributed by atoms with Gasteiger partial charge in [-0.15, -0.1) is 12.6 Å². The molecular formula is C11H16S. The predicted octanol–water partition coefficient (Wildman–Crippen LogP) is 3.63. The number of aryl methyl sites for hydroxylation is 2. The highest BCUT2D eigenvalue weighted by atomic mass is 32.1. The summed E-state index contributed by atoms with van der Waals surface area (Å²) in [6.07, 6.45) is 3.72. The number of rotatable bonds is 3. The Hall–Kier alpha value is -0.430. The van der Waals surface area contributed by atoms with Gasteiger partial charge in [0.05, 0.1) is 0 Å². The van der Waals surface area contributed by atoms with Crippen molar-refractivity contribution in [3.05, 3.63) is 29.3 Å². The molecule has 0 aliphatic rings. The summed E-state index contributed by atoms with van der Waals surface area (Å²) in [5.41, 5.74) is 2.73. The summed E-state index contributed by atoms with van der Waals surface area (Å²) >= 11 is 4.35. The zero-order chi connectivity index (χ0) is 8.97. The fourth-order valence-corrected chi connectivity index (χ4v) is 1.74. The van der Waals surface area contributed by atoms with Gasteiger partial charge in [0.25, 0.3) is 0 Å². The van der Waals surface area contributed by atoms with E-state index in [2.05, 4.69) is 44.7 Å². The zero-order valence-electron chi connectivity index (χ0n) is 7.80. The second kappa shape index (κ2) is 4.56. The molecule has 1 heteroatoms. The zero-order valence-corrected chi connectivity index (χ0v) is 8.70. The molecule has 1 aromatic rings. The van der Waals surface area contributed by atoms with Gasteiger partial charge in [0.2, 0.25) is 0 Å². The van der Waals surface area contributed by atoms with Crippen LogP contribution in [0.5, 0.6) is 0 Å². The topological polar surface area (TPSA) is 0 Å². The largest absolute Gasteiger partial charge is 0.143 e. The predicted molar refractivity (Wildman–Crippen MR) is 57.0 cm³/mol. The first-order valence-electron chi connectivity index (χ1n) is 4.52. The summed E-state index contributed by atoms with van der Waals surface area (Å²) in [6, 6.07) is 6.50. The van der Waals surface area contributed by atoms with Crippen LogP contribution in [-0.2, 0) is 6.42 Å². The van der Waals surface area contributed by atoms with Crippen LogP contribution in [0.3, 0.4) is 0 Å². The molecule has 0 aliphatic heterocycles. The molecule has 0 fully saturated rings. The molecule has 0 saturated heterocycles. The van der Waals surface area contributed by atoms with Crippen molar-refractivity contribution in [1.29, 1.82) is 0 Å². The smallest absolute Gasteiger partial charge is 0.00453 e. The molecule has 0 amide bonds. The molecule has 1 aromatic carbocycles. The van der Waals surface area contributed by atoms with Gasteiger partial charge in [-0.05, 0) is 43.0 Å². The van der Waals surface area contributed by atoms with E-state index < -0.39 is 0 Å². The Morgan fingerprint density at radius 3 is 2.58 bits per heavy atom. The molecule has 0 saturated carbocycles. The summed E-state index contributed by atoms with van der Waals surface area (Å²) in [6.45, 7) is 4.34. The lowest BCUT2D eigenvalue weighted by molar-refractivity contribution is 0.793. The molecule has 0 unspecified atom stereocenters. The number of benzene rings is 1. The minimum atomic E-state index is 1.08. The molecule has 12 heavy (non-hydrogen) atoms. The number of thiol groups is 1. The van der Waals surface area contributed by atoms with E-state index in [1.807, 2.05) is 0 Å². The Kier molecular flexibility index (Phi) is 3.67. The van der Waals surface area contributed by atoms with Crippen molar-refractivity contribution in [1.82, 2.24) is 0 Å². The van der Waals surface area contributed by atoms with Crippen molar-refractivity contribution >= 4 is 12.6 Å². The maximum atomic E-state index is 4.35. The maximum absolute atomic E-state index is 4.35. The molecule has 0 N–H and O–H groups in total. The van der Waals surface area contributed by atoms with Crippen molar-refractivity contribution in [2.75, 3.05) is 0 Å². The van der Waals surface area contributed by atoms with Gasteiger partial charge in [-0.25, -0.2) is 0 Å². The van der Waals surface area contributed by atoms with Gasteiger partial charge >= 0.3 is 0 Å². The van der Waals surface area contributed by atoms with Gasteiger partial charge in [-0.3, -0.25) is 0 Å². The van der Waals surface area contributed by atoms with Crippen LogP contribution in [0.15, 0.2) is 23.1 Å². The lowest BCUT2D eigenvalue weighted by Crippen LogP contribution is -1.86. The second-order valence-electron chi connectivity index (χ2n) is 3.28. The summed E-state index contributed by atoms with van der Waals surface area (Å²) < 4.78 is 0. The van der Waals surface area contributed by atoms with E-state index in [-0.39, 0.29) is 0 Å². The van der Waals surface area contributed by atoms with E-state index in [4.69, 9.17) is 0 Å². The maximum Gasteiger partial charge on any atom is 0.00453 e. The third kappa shape index (κ3) is 2.90. The average Bonchev–Trinajstić information content (AvgIpc) is 1.99. The molecule has 0 bridgehead atoms. The van der Waals surface area contributed by atoms with E-state index in [0.29, 0.717) is 0 Å². The molecule has 0 aromatic heterocycles. The van der Waals surface area contributed by atoms with Crippen LogP contribution in [0.25, 0.3) is 0 Å². The summed E-state index contributed by atoms with van der Waals surface area (Å²) in [4.78, 5) is 1.08. The van der Waals surface area contributed by atoms with Crippen molar-refractivity contribution < 1.29 is 0 Å². The molecule has 66 valence electrons. The number of unbranched alkanes of at least 4 members (excludes halogenated alkanes) is 1. The highest BCUT2D eigenvalue weighted by molar-refractivity contribution is 7.80. The molecule has 1 rings (SSSR count). The van der Waals surface area contributed by atoms with E-state index in [1.165, 1.54) is 30.4 Å². The normalized spacial score (nSPS) is 10.2. The molecule has 0 spiro atoms. The molecule has 0 aliphatic carbocycles. The Bertz CT molecular complexity index is 233. The van der Waals surface area contributed by atoms with E-state index >= 15 is 0 Å². The van der Waals surface area contributed by atoms with Crippen molar-refractivity contribution in [3.8, 4) is 0 Å². The monoisotopic (exact) mass is 180 g/mol. The molecule has 0 radical (unpaired) electrons. The van der Waals surface area contributed by atoms with Gasteiger partial charge in [0.15, 0.2) is 0 Å². The van der Waals surface area contributed by atoms with E-state index in [0.717, 1.165) is 4.90 Å². The minimum Gasteiger partial charge on any atom is -0.143 e. The van der Waals surface area contributed by atoms with Crippen molar-refractivity contribution in [2.45, 2.75) is 38.0 Å². The molecule has 0 heterocycles. The molecule has 0 atom stereocenters. The third-order valence-electron chi connectivity index (χ3n) is 1.94. The Morgan fingerprint density at radius 1 is 1.25 bits per heavy atom. The minimum absolute atomic E-state index is 1.08. The molecular weight excluding hydrogens is 164 g/mol. The summed E-state index contributed by atoms with van der Waals surface area (Å²) in [5.74, 6) is 0. The quantitative estimate of drug-likeness (QED) is 0.675. The second-order valence-corrected chi connectivity index (χ2v) is 3.80. The van der Waals surface area contributed by atoms with Gasteiger partial charge in [-0.2, -0.15) is 0 Å². The summed E-state index contributed by atoms with van der Waals surface area (Å²) in [5, 5.41) is 0. The van der Waals surface area contributed by atoms with Gasteiger partial charge < -0.3 is 0 Å². The van der Waals surface area contributed by atoms with Crippen molar-refractivity contribution in [2.24, 2.45) is 0 Å². The standard InChI is InChI=1S/C11H16S/c1-3-4-5-10-6-9(2)7-11(12)8-10/h6-8,12H,3-5H2,1-2H3. The average molecular weight is 180 g/mol. The Morgan fingerprint density at radius 2 is 2.00 bits per heavy atom. The van der Waals surface area contributed by atoms with Crippen LogP contribution >= 0.6 is 12.6 Å². The highest BCUT2D eigenvalue weighted by Gasteiger charge is 1.95. The number of hydrogen-bond acceptors (Lipinski definition) is 1. The highest BCUT2D eigenvalue weighted by Crippen LogP contribution is 2.14. The van der Waals surface area contributed by atoms with Crippen molar-refractivity contribution in [3.63, 3.8) is 0 Å². The van der Waals surface area contributed by atoms with Gasteiger partial charge in [0, 0.05) is 4.90 Å². The van der Waals surface area contributed by atoms with E-state index in [1.54, 1.807) is 0 Å². The summed E-state index contributed by atoms with van der Waals surface area (Å²) in [7, 11) is 0.